The molecule has 0 fully saturated rings. The molecule has 0 amide bonds. The van der Waals surface area contributed by atoms with Crippen molar-refractivity contribution in [3.63, 3.8) is 0 Å². The molecule has 6 heteroatoms. The van der Waals surface area contributed by atoms with Crippen molar-refractivity contribution in [1.82, 2.24) is 20.2 Å². The molecule has 0 spiro atoms. The summed E-state index contributed by atoms with van der Waals surface area (Å²) in [6.45, 7) is 7.32. The molecule has 21 heavy (non-hydrogen) atoms. The van der Waals surface area contributed by atoms with E-state index < -0.39 is 0 Å². The second-order valence-electron chi connectivity index (χ2n) is 5.15. The van der Waals surface area contributed by atoms with E-state index in [-0.39, 0.29) is 11.6 Å². The number of H-pyrrole nitrogens is 1. The zero-order valence-electron chi connectivity index (χ0n) is 12.5. The van der Waals surface area contributed by atoms with Crippen molar-refractivity contribution in [2.75, 3.05) is 6.54 Å². The molecule has 1 heterocycles. The molecule has 0 saturated heterocycles. The SMILES string of the molecule is CCN(Cc1nc2ccccc2c(=O)[nH]1)C(=S)NC(C)C. The maximum absolute atomic E-state index is 12.1. The van der Waals surface area contributed by atoms with Crippen LogP contribution in [-0.4, -0.2) is 32.6 Å². The topological polar surface area (TPSA) is 61.0 Å². The fourth-order valence-corrected chi connectivity index (χ4v) is 2.49. The maximum Gasteiger partial charge on any atom is 0.258 e. The number of aromatic amines is 1. The van der Waals surface area contributed by atoms with Crippen LogP contribution in [0.25, 0.3) is 10.9 Å². The number of hydrogen-bond donors (Lipinski definition) is 2. The van der Waals surface area contributed by atoms with Gasteiger partial charge in [-0.3, -0.25) is 4.79 Å². The van der Waals surface area contributed by atoms with Crippen molar-refractivity contribution in [2.24, 2.45) is 0 Å². The number of thiocarbonyl (C=S) groups is 1. The van der Waals surface area contributed by atoms with Crippen LogP contribution in [0.1, 0.15) is 26.6 Å². The second-order valence-corrected chi connectivity index (χ2v) is 5.53. The third-order valence-corrected chi connectivity index (χ3v) is 3.46. The first-order valence-corrected chi connectivity index (χ1v) is 7.45. The van der Waals surface area contributed by atoms with Gasteiger partial charge in [0.05, 0.1) is 17.4 Å². The van der Waals surface area contributed by atoms with E-state index in [0.29, 0.717) is 28.4 Å². The van der Waals surface area contributed by atoms with E-state index in [1.54, 1.807) is 6.07 Å². The lowest BCUT2D eigenvalue weighted by Crippen LogP contribution is -2.42. The molecule has 2 N–H and O–H groups in total. The van der Waals surface area contributed by atoms with Gasteiger partial charge in [-0.1, -0.05) is 12.1 Å². The molecule has 1 aromatic carbocycles. The summed E-state index contributed by atoms with van der Waals surface area (Å²) in [7, 11) is 0. The maximum atomic E-state index is 12.1. The number of fused-ring (bicyclic) bond motifs is 1. The molecule has 0 saturated carbocycles. The zero-order valence-corrected chi connectivity index (χ0v) is 13.3. The lowest BCUT2D eigenvalue weighted by molar-refractivity contribution is 0.410. The van der Waals surface area contributed by atoms with Crippen LogP contribution in [0.3, 0.4) is 0 Å². The quantitative estimate of drug-likeness (QED) is 0.846. The Morgan fingerprint density at radius 3 is 2.81 bits per heavy atom. The summed E-state index contributed by atoms with van der Waals surface area (Å²) in [5.41, 5.74) is 0.587. The Morgan fingerprint density at radius 2 is 2.14 bits per heavy atom. The molecule has 112 valence electrons. The standard InChI is InChI=1S/C15H20N4OS/c1-4-19(15(21)16-10(2)3)9-13-17-12-8-6-5-7-11(12)14(20)18-13/h5-8,10H,4,9H2,1-3H3,(H,16,21)(H,17,18,20). The molecule has 5 nitrogen and oxygen atoms in total. The van der Waals surface area contributed by atoms with Gasteiger partial charge in [0.25, 0.3) is 5.56 Å². The minimum absolute atomic E-state index is 0.116. The van der Waals surface area contributed by atoms with Crippen molar-refractivity contribution in [3.8, 4) is 0 Å². The van der Waals surface area contributed by atoms with Crippen molar-refractivity contribution in [1.29, 1.82) is 0 Å². The fourth-order valence-electron chi connectivity index (χ4n) is 2.06. The van der Waals surface area contributed by atoms with Crippen LogP contribution in [0.2, 0.25) is 0 Å². The van der Waals surface area contributed by atoms with Crippen LogP contribution < -0.4 is 10.9 Å². The van der Waals surface area contributed by atoms with E-state index in [0.717, 1.165) is 6.54 Å². The smallest absolute Gasteiger partial charge is 0.258 e. The number of aromatic nitrogens is 2. The van der Waals surface area contributed by atoms with Gasteiger partial charge in [-0.25, -0.2) is 4.98 Å². The number of nitrogens with zero attached hydrogens (tertiary/aromatic N) is 2. The third-order valence-electron chi connectivity index (χ3n) is 3.08. The Bertz CT molecular complexity index is 695. The molecular weight excluding hydrogens is 284 g/mol. The van der Waals surface area contributed by atoms with Crippen LogP contribution in [-0.2, 0) is 6.54 Å². The Kier molecular flexibility index (Phi) is 4.90. The van der Waals surface area contributed by atoms with Crippen LogP contribution in [0, 0.1) is 0 Å². The van der Waals surface area contributed by atoms with E-state index in [1.165, 1.54) is 0 Å². The van der Waals surface area contributed by atoms with Crippen LogP contribution in [0.4, 0.5) is 0 Å². The third kappa shape index (κ3) is 3.78. The Hall–Kier alpha value is -1.95. The molecule has 0 radical (unpaired) electrons. The summed E-state index contributed by atoms with van der Waals surface area (Å²) < 4.78 is 0. The number of rotatable bonds is 4. The first-order valence-electron chi connectivity index (χ1n) is 7.04. The summed E-state index contributed by atoms with van der Waals surface area (Å²) in [4.78, 5) is 21.4. The highest BCUT2D eigenvalue weighted by Gasteiger charge is 2.11. The fraction of sp³-hybridized carbons (Fsp3) is 0.400. The molecular formula is C15H20N4OS. The first-order chi connectivity index (χ1) is 10.0. The minimum atomic E-state index is -0.116. The molecule has 1 aromatic heterocycles. The summed E-state index contributed by atoms with van der Waals surface area (Å²) >= 11 is 5.37. The number of nitrogens with one attached hydrogen (secondary N) is 2. The van der Waals surface area contributed by atoms with Crippen LogP contribution in [0.15, 0.2) is 29.1 Å². The van der Waals surface area contributed by atoms with Gasteiger partial charge < -0.3 is 15.2 Å². The van der Waals surface area contributed by atoms with Crippen LogP contribution in [0.5, 0.6) is 0 Å². The van der Waals surface area contributed by atoms with Gasteiger partial charge in [-0.05, 0) is 45.1 Å². The Labute approximate surface area is 129 Å². The molecule has 0 aliphatic carbocycles. The summed E-state index contributed by atoms with van der Waals surface area (Å²) in [5, 5.41) is 4.48. The highest BCUT2D eigenvalue weighted by molar-refractivity contribution is 7.80. The molecule has 0 bridgehead atoms. The van der Waals surface area contributed by atoms with Gasteiger partial charge in [0.1, 0.15) is 5.82 Å². The highest BCUT2D eigenvalue weighted by atomic mass is 32.1. The van der Waals surface area contributed by atoms with E-state index in [1.807, 2.05) is 43.9 Å². The van der Waals surface area contributed by atoms with Gasteiger partial charge in [0.15, 0.2) is 5.11 Å². The van der Waals surface area contributed by atoms with Gasteiger partial charge >= 0.3 is 0 Å². The molecule has 0 aliphatic rings. The van der Waals surface area contributed by atoms with Crippen molar-refractivity contribution in [2.45, 2.75) is 33.4 Å². The predicted octanol–water partition coefficient (Wildman–Crippen LogP) is 2.03. The molecule has 0 atom stereocenters. The lowest BCUT2D eigenvalue weighted by atomic mass is 10.2. The zero-order chi connectivity index (χ0) is 15.4. The van der Waals surface area contributed by atoms with Gasteiger partial charge in [0.2, 0.25) is 0 Å². The normalized spacial score (nSPS) is 10.9. The average molecular weight is 304 g/mol. The molecule has 2 aromatic rings. The summed E-state index contributed by atoms with van der Waals surface area (Å²) in [6.07, 6.45) is 0. The monoisotopic (exact) mass is 304 g/mol. The Morgan fingerprint density at radius 1 is 1.43 bits per heavy atom. The largest absolute Gasteiger partial charge is 0.360 e. The number of benzene rings is 1. The average Bonchev–Trinajstić information content (AvgIpc) is 2.44. The van der Waals surface area contributed by atoms with Gasteiger partial charge in [0, 0.05) is 12.6 Å². The van der Waals surface area contributed by atoms with E-state index in [9.17, 15) is 4.79 Å². The van der Waals surface area contributed by atoms with Crippen molar-refractivity contribution in [3.05, 3.63) is 40.4 Å². The molecule has 0 unspecified atom stereocenters. The number of para-hydroxylation sites is 1. The van der Waals surface area contributed by atoms with Gasteiger partial charge in [-0.15, -0.1) is 0 Å². The predicted molar refractivity (Wildman–Crippen MR) is 89.3 cm³/mol. The highest BCUT2D eigenvalue weighted by Crippen LogP contribution is 2.07. The molecule has 0 aliphatic heterocycles. The first kappa shape index (κ1) is 15.4. The van der Waals surface area contributed by atoms with E-state index >= 15 is 0 Å². The van der Waals surface area contributed by atoms with E-state index in [2.05, 4.69) is 15.3 Å². The van der Waals surface area contributed by atoms with Crippen LogP contribution >= 0.6 is 12.2 Å². The minimum Gasteiger partial charge on any atom is -0.360 e. The second kappa shape index (κ2) is 6.67. The van der Waals surface area contributed by atoms with Crippen molar-refractivity contribution >= 4 is 28.2 Å². The Balaban J connectivity index is 2.25. The van der Waals surface area contributed by atoms with Gasteiger partial charge in [-0.2, -0.15) is 0 Å². The summed E-state index contributed by atoms with van der Waals surface area (Å²) in [5.74, 6) is 0.619. The van der Waals surface area contributed by atoms with Crippen molar-refractivity contribution < 1.29 is 0 Å². The number of hydrogen-bond acceptors (Lipinski definition) is 3. The lowest BCUT2D eigenvalue weighted by Gasteiger charge is -2.25. The van der Waals surface area contributed by atoms with E-state index in [4.69, 9.17) is 12.2 Å². The summed E-state index contributed by atoms with van der Waals surface area (Å²) in [6, 6.07) is 7.60. The molecule has 2 rings (SSSR count).